The van der Waals surface area contributed by atoms with Crippen molar-refractivity contribution in [1.29, 1.82) is 0 Å². The highest BCUT2D eigenvalue weighted by atomic mass is 16.4. The van der Waals surface area contributed by atoms with Gasteiger partial charge >= 0.3 is 11.9 Å². The second-order valence-electron chi connectivity index (χ2n) is 4.75. The van der Waals surface area contributed by atoms with Gasteiger partial charge in [-0.15, -0.1) is 0 Å². The van der Waals surface area contributed by atoms with Gasteiger partial charge in [0.15, 0.2) is 0 Å². The standard InChI is InChI=1S/C14H18N2O4/c17-13(18)5-7-15-9-10-16(8-6-14(19)20)12-4-2-1-3-11(12)15/h1-4H,5-10H2,(H,17,18)(H,19,20). The van der Waals surface area contributed by atoms with Crippen LogP contribution in [0.1, 0.15) is 12.8 Å². The molecule has 0 spiro atoms. The molecule has 2 rings (SSSR count). The number of carbonyl (C=O) groups is 2. The van der Waals surface area contributed by atoms with Gasteiger partial charge in [-0.3, -0.25) is 9.59 Å². The second kappa shape index (κ2) is 6.27. The van der Waals surface area contributed by atoms with Gasteiger partial charge in [0.1, 0.15) is 0 Å². The molecule has 2 N–H and O–H groups in total. The Kier molecular flexibility index (Phi) is 4.45. The minimum atomic E-state index is -0.809. The minimum Gasteiger partial charge on any atom is -0.481 e. The Hall–Kier alpha value is -2.24. The maximum atomic E-state index is 10.7. The van der Waals surface area contributed by atoms with Crippen molar-refractivity contribution >= 4 is 23.3 Å². The van der Waals surface area contributed by atoms with E-state index in [1.165, 1.54) is 0 Å². The summed E-state index contributed by atoms with van der Waals surface area (Å²) >= 11 is 0. The zero-order chi connectivity index (χ0) is 14.5. The third-order valence-corrected chi connectivity index (χ3v) is 3.39. The summed E-state index contributed by atoms with van der Waals surface area (Å²) < 4.78 is 0. The molecule has 0 saturated carbocycles. The first kappa shape index (κ1) is 14.2. The van der Waals surface area contributed by atoms with E-state index in [0.717, 1.165) is 11.4 Å². The number of hydrogen-bond donors (Lipinski definition) is 2. The zero-order valence-electron chi connectivity index (χ0n) is 11.2. The van der Waals surface area contributed by atoms with Crippen molar-refractivity contribution in [2.75, 3.05) is 36.0 Å². The molecule has 1 aliphatic heterocycles. The number of anilines is 2. The average Bonchev–Trinajstić information content (AvgIpc) is 2.43. The highest BCUT2D eigenvalue weighted by Gasteiger charge is 2.22. The molecule has 0 amide bonds. The molecule has 0 atom stereocenters. The number of hydrogen-bond acceptors (Lipinski definition) is 4. The number of para-hydroxylation sites is 2. The molecule has 1 aliphatic rings. The lowest BCUT2D eigenvalue weighted by molar-refractivity contribution is -0.137. The van der Waals surface area contributed by atoms with E-state index in [2.05, 4.69) is 0 Å². The highest BCUT2D eigenvalue weighted by Crippen LogP contribution is 2.32. The Morgan fingerprint density at radius 1 is 0.900 bits per heavy atom. The first-order valence-corrected chi connectivity index (χ1v) is 6.60. The highest BCUT2D eigenvalue weighted by molar-refractivity contribution is 5.75. The smallest absolute Gasteiger partial charge is 0.305 e. The van der Waals surface area contributed by atoms with E-state index in [0.29, 0.717) is 26.2 Å². The van der Waals surface area contributed by atoms with E-state index in [9.17, 15) is 9.59 Å². The van der Waals surface area contributed by atoms with Crippen molar-refractivity contribution in [3.63, 3.8) is 0 Å². The molecule has 0 aromatic heterocycles. The van der Waals surface area contributed by atoms with Crippen LogP contribution in [-0.4, -0.2) is 48.3 Å². The van der Waals surface area contributed by atoms with Gasteiger partial charge in [-0.2, -0.15) is 0 Å². The number of benzene rings is 1. The van der Waals surface area contributed by atoms with Crippen LogP contribution in [0.2, 0.25) is 0 Å². The van der Waals surface area contributed by atoms with Gasteiger partial charge in [0.05, 0.1) is 24.2 Å². The van der Waals surface area contributed by atoms with Crippen LogP contribution in [0.5, 0.6) is 0 Å². The van der Waals surface area contributed by atoms with E-state index in [1.54, 1.807) is 0 Å². The van der Waals surface area contributed by atoms with Crippen LogP contribution >= 0.6 is 0 Å². The minimum absolute atomic E-state index is 0.101. The number of carboxylic acids is 2. The van der Waals surface area contributed by atoms with E-state index in [4.69, 9.17) is 10.2 Å². The molecule has 108 valence electrons. The quantitative estimate of drug-likeness (QED) is 0.815. The normalized spacial score (nSPS) is 14.0. The molecular weight excluding hydrogens is 260 g/mol. The van der Waals surface area contributed by atoms with Crippen LogP contribution in [0.25, 0.3) is 0 Å². The van der Waals surface area contributed by atoms with Crippen molar-refractivity contribution in [3.05, 3.63) is 24.3 Å². The molecule has 0 unspecified atom stereocenters. The van der Waals surface area contributed by atoms with Gasteiger partial charge in [0.2, 0.25) is 0 Å². The molecule has 1 aromatic carbocycles. The summed E-state index contributed by atoms with van der Waals surface area (Å²) in [5.41, 5.74) is 1.95. The molecule has 6 heteroatoms. The topological polar surface area (TPSA) is 81.1 Å². The summed E-state index contributed by atoms with van der Waals surface area (Å²) in [7, 11) is 0. The fourth-order valence-electron chi connectivity index (χ4n) is 2.41. The van der Waals surface area contributed by atoms with Gasteiger partial charge in [-0.05, 0) is 12.1 Å². The van der Waals surface area contributed by atoms with Gasteiger partial charge in [0.25, 0.3) is 0 Å². The third-order valence-electron chi connectivity index (χ3n) is 3.39. The largest absolute Gasteiger partial charge is 0.481 e. The molecule has 0 aliphatic carbocycles. The number of nitrogens with zero attached hydrogens (tertiary/aromatic N) is 2. The Balaban J connectivity index is 2.12. The Bertz CT molecular complexity index is 459. The fraction of sp³-hybridized carbons (Fsp3) is 0.429. The lowest BCUT2D eigenvalue weighted by Gasteiger charge is -2.38. The van der Waals surface area contributed by atoms with Crippen molar-refractivity contribution in [3.8, 4) is 0 Å². The lowest BCUT2D eigenvalue weighted by Crippen LogP contribution is -2.42. The molecule has 0 saturated heterocycles. The van der Waals surface area contributed by atoms with E-state index >= 15 is 0 Å². The van der Waals surface area contributed by atoms with Gasteiger partial charge in [0, 0.05) is 26.2 Å². The fourth-order valence-corrected chi connectivity index (χ4v) is 2.41. The van der Waals surface area contributed by atoms with Crippen LogP contribution in [0.4, 0.5) is 11.4 Å². The predicted octanol–water partition coefficient (Wildman–Crippen LogP) is 1.26. The number of fused-ring (bicyclic) bond motifs is 1. The third kappa shape index (κ3) is 3.40. The number of rotatable bonds is 6. The maximum absolute atomic E-state index is 10.7. The average molecular weight is 278 g/mol. The molecule has 6 nitrogen and oxygen atoms in total. The molecule has 0 radical (unpaired) electrons. The molecule has 0 fully saturated rings. The molecule has 0 bridgehead atoms. The van der Waals surface area contributed by atoms with Crippen LogP contribution in [0.3, 0.4) is 0 Å². The van der Waals surface area contributed by atoms with Gasteiger partial charge in [-0.1, -0.05) is 12.1 Å². The Morgan fingerprint density at radius 3 is 1.65 bits per heavy atom. The van der Waals surface area contributed by atoms with Crippen molar-refractivity contribution in [2.45, 2.75) is 12.8 Å². The first-order valence-electron chi connectivity index (χ1n) is 6.60. The van der Waals surface area contributed by atoms with Crippen LogP contribution in [0.15, 0.2) is 24.3 Å². The Morgan fingerprint density at radius 2 is 1.30 bits per heavy atom. The zero-order valence-corrected chi connectivity index (χ0v) is 11.2. The van der Waals surface area contributed by atoms with E-state index in [-0.39, 0.29) is 12.8 Å². The van der Waals surface area contributed by atoms with E-state index < -0.39 is 11.9 Å². The second-order valence-corrected chi connectivity index (χ2v) is 4.75. The molecule has 1 aromatic rings. The van der Waals surface area contributed by atoms with Crippen molar-refractivity contribution < 1.29 is 19.8 Å². The molecule has 1 heterocycles. The summed E-state index contributed by atoms with van der Waals surface area (Å²) in [5.74, 6) is -1.62. The van der Waals surface area contributed by atoms with Crippen molar-refractivity contribution in [1.82, 2.24) is 0 Å². The lowest BCUT2D eigenvalue weighted by atomic mass is 10.1. The van der Waals surface area contributed by atoms with Crippen molar-refractivity contribution in [2.24, 2.45) is 0 Å². The molecule has 20 heavy (non-hydrogen) atoms. The first-order chi connectivity index (χ1) is 9.58. The number of carboxylic acid groups (broad SMARTS) is 2. The maximum Gasteiger partial charge on any atom is 0.305 e. The summed E-state index contributed by atoms with van der Waals surface area (Å²) in [6, 6.07) is 7.72. The summed E-state index contributed by atoms with van der Waals surface area (Å²) in [6.45, 7) is 2.37. The van der Waals surface area contributed by atoms with Crippen LogP contribution in [0, 0.1) is 0 Å². The summed E-state index contributed by atoms with van der Waals surface area (Å²) in [4.78, 5) is 25.5. The predicted molar refractivity (Wildman–Crippen MR) is 75.4 cm³/mol. The van der Waals surface area contributed by atoms with Gasteiger partial charge < -0.3 is 20.0 Å². The summed E-state index contributed by atoms with van der Waals surface area (Å²) in [5, 5.41) is 17.6. The van der Waals surface area contributed by atoms with E-state index in [1.807, 2.05) is 34.1 Å². The number of aliphatic carboxylic acids is 2. The van der Waals surface area contributed by atoms with Crippen LogP contribution < -0.4 is 9.80 Å². The SMILES string of the molecule is O=C(O)CCN1CCN(CCC(=O)O)c2ccccc21. The monoisotopic (exact) mass is 278 g/mol. The Labute approximate surface area is 117 Å². The summed E-state index contributed by atoms with van der Waals surface area (Å²) in [6.07, 6.45) is 0.201. The van der Waals surface area contributed by atoms with Gasteiger partial charge in [-0.25, -0.2) is 0 Å². The van der Waals surface area contributed by atoms with Crippen LogP contribution in [-0.2, 0) is 9.59 Å². The molecular formula is C14H18N2O4.